The summed E-state index contributed by atoms with van der Waals surface area (Å²) in [6.07, 6.45) is 5.63. The van der Waals surface area contributed by atoms with Crippen molar-refractivity contribution in [2.45, 2.75) is 51.5 Å². The van der Waals surface area contributed by atoms with Gasteiger partial charge in [-0.05, 0) is 30.5 Å². The molecular weight excluding hydrogens is 351 g/mol. The number of aromatic nitrogens is 1. The number of carbonyl (C=O) groups excluding carboxylic acids is 1. The third-order valence-corrected chi connectivity index (χ3v) is 4.69. The Labute approximate surface area is 156 Å². The largest absolute Gasteiger partial charge is 0.483 e. The number of carbonyl (C=O) groups is 1. The van der Waals surface area contributed by atoms with Crippen LogP contribution in [-0.4, -0.2) is 21.6 Å². The van der Waals surface area contributed by atoms with E-state index in [0.29, 0.717) is 11.3 Å². The first-order valence-corrected chi connectivity index (χ1v) is 9.06. The standard InChI is InChI=1S/C20H23FN2O4/c21-15-7-5-14(6-8-15)13-27-19-10-23(17(12-24)9-18(19)25)11-20(26)22-16-3-1-2-4-16/h5-10,16,24H,1-4,11-13H2,(H,22,26). The summed E-state index contributed by atoms with van der Waals surface area (Å²) in [5.74, 6) is -0.434. The summed E-state index contributed by atoms with van der Waals surface area (Å²) in [5.41, 5.74) is 0.678. The molecule has 2 aromatic rings. The number of aliphatic hydroxyl groups is 1. The number of hydrogen-bond donors (Lipinski definition) is 2. The van der Waals surface area contributed by atoms with E-state index in [0.717, 1.165) is 25.7 Å². The number of benzene rings is 1. The predicted octanol–water partition coefficient (Wildman–Crippen LogP) is 2.12. The van der Waals surface area contributed by atoms with Crippen LogP contribution in [0.1, 0.15) is 36.9 Å². The Bertz CT molecular complexity index is 842. The highest BCUT2D eigenvalue weighted by atomic mass is 19.1. The van der Waals surface area contributed by atoms with E-state index in [9.17, 15) is 19.1 Å². The fourth-order valence-corrected chi connectivity index (χ4v) is 3.23. The van der Waals surface area contributed by atoms with Crippen molar-refractivity contribution >= 4 is 5.91 Å². The normalized spacial score (nSPS) is 14.3. The Morgan fingerprint density at radius 2 is 1.96 bits per heavy atom. The molecule has 1 aliphatic carbocycles. The molecule has 7 heteroatoms. The average molecular weight is 374 g/mol. The summed E-state index contributed by atoms with van der Waals surface area (Å²) in [7, 11) is 0. The monoisotopic (exact) mass is 374 g/mol. The fourth-order valence-electron chi connectivity index (χ4n) is 3.23. The van der Waals surface area contributed by atoms with Crippen molar-refractivity contribution in [3.63, 3.8) is 0 Å². The number of pyridine rings is 1. The molecule has 0 aliphatic heterocycles. The van der Waals surface area contributed by atoms with Gasteiger partial charge in [0.15, 0.2) is 5.75 Å². The molecule has 1 saturated carbocycles. The number of halogens is 1. The van der Waals surface area contributed by atoms with Gasteiger partial charge < -0.3 is 19.7 Å². The molecule has 0 bridgehead atoms. The molecule has 144 valence electrons. The lowest BCUT2D eigenvalue weighted by molar-refractivity contribution is -0.122. The van der Waals surface area contributed by atoms with E-state index in [1.165, 1.54) is 29.0 Å². The van der Waals surface area contributed by atoms with Crippen LogP contribution < -0.4 is 15.5 Å². The zero-order chi connectivity index (χ0) is 19.2. The molecule has 1 fully saturated rings. The summed E-state index contributed by atoms with van der Waals surface area (Å²) in [4.78, 5) is 24.5. The lowest BCUT2D eigenvalue weighted by atomic mass is 10.2. The van der Waals surface area contributed by atoms with Gasteiger partial charge in [-0.1, -0.05) is 25.0 Å². The smallest absolute Gasteiger partial charge is 0.240 e. The second-order valence-electron chi connectivity index (χ2n) is 6.74. The maximum absolute atomic E-state index is 13.0. The van der Waals surface area contributed by atoms with Crippen LogP contribution in [0.3, 0.4) is 0 Å². The van der Waals surface area contributed by atoms with Crippen LogP contribution >= 0.6 is 0 Å². The SMILES string of the molecule is O=C(Cn1cc(OCc2ccc(F)cc2)c(=O)cc1CO)NC1CCCC1. The molecule has 1 amide bonds. The summed E-state index contributed by atoms with van der Waals surface area (Å²) >= 11 is 0. The van der Waals surface area contributed by atoms with Crippen LogP contribution in [0.5, 0.6) is 5.75 Å². The van der Waals surface area contributed by atoms with Crippen molar-refractivity contribution in [2.75, 3.05) is 0 Å². The first-order valence-electron chi connectivity index (χ1n) is 9.06. The maximum atomic E-state index is 13.0. The van der Waals surface area contributed by atoms with Crippen LogP contribution in [0.2, 0.25) is 0 Å². The van der Waals surface area contributed by atoms with E-state index in [1.807, 2.05) is 0 Å². The summed E-state index contributed by atoms with van der Waals surface area (Å²) < 4.78 is 20.0. The highest BCUT2D eigenvalue weighted by Gasteiger charge is 2.18. The first kappa shape index (κ1) is 19.1. The lowest BCUT2D eigenvalue weighted by Gasteiger charge is -2.16. The Hall–Kier alpha value is -2.67. The number of ether oxygens (including phenoxy) is 1. The van der Waals surface area contributed by atoms with E-state index in [-0.39, 0.29) is 48.7 Å². The highest BCUT2D eigenvalue weighted by Crippen LogP contribution is 2.17. The quantitative estimate of drug-likeness (QED) is 0.778. The molecule has 0 unspecified atom stereocenters. The summed E-state index contributed by atoms with van der Waals surface area (Å²) in [5, 5.41) is 12.5. The van der Waals surface area contributed by atoms with Crippen molar-refractivity contribution in [1.82, 2.24) is 9.88 Å². The minimum absolute atomic E-state index is 0.000415. The second-order valence-corrected chi connectivity index (χ2v) is 6.74. The molecule has 0 atom stereocenters. The number of amides is 1. The molecule has 1 heterocycles. The van der Waals surface area contributed by atoms with Gasteiger partial charge in [0.2, 0.25) is 11.3 Å². The molecule has 1 aromatic carbocycles. The van der Waals surface area contributed by atoms with Gasteiger partial charge in [0, 0.05) is 17.8 Å². The van der Waals surface area contributed by atoms with Gasteiger partial charge in [-0.25, -0.2) is 4.39 Å². The maximum Gasteiger partial charge on any atom is 0.240 e. The molecule has 3 rings (SSSR count). The number of aliphatic hydroxyl groups excluding tert-OH is 1. The Kier molecular flexibility index (Phi) is 6.24. The van der Waals surface area contributed by atoms with E-state index < -0.39 is 0 Å². The summed E-state index contributed by atoms with van der Waals surface area (Å²) in [6, 6.07) is 7.25. The number of hydrogen-bond acceptors (Lipinski definition) is 4. The van der Waals surface area contributed by atoms with Gasteiger partial charge in [-0.3, -0.25) is 9.59 Å². The van der Waals surface area contributed by atoms with Gasteiger partial charge in [0.25, 0.3) is 0 Å². The number of rotatable bonds is 7. The lowest BCUT2D eigenvalue weighted by Crippen LogP contribution is -2.35. The Morgan fingerprint density at radius 3 is 2.63 bits per heavy atom. The summed E-state index contributed by atoms with van der Waals surface area (Å²) in [6.45, 7) is -0.258. The Morgan fingerprint density at radius 1 is 1.26 bits per heavy atom. The molecule has 1 aliphatic rings. The van der Waals surface area contributed by atoms with Crippen molar-refractivity contribution in [1.29, 1.82) is 0 Å². The fraction of sp³-hybridized carbons (Fsp3) is 0.400. The van der Waals surface area contributed by atoms with E-state index >= 15 is 0 Å². The molecule has 1 aromatic heterocycles. The van der Waals surface area contributed by atoms with Crippen LogP contribution in [0, 0.1) is 5.82 Å². The van der Waals surface area contributed by atoms with Gasteiger partial charge in [-0.2, -0.15) is 0 Å². The van der Waals surface area contributed by atoms with Crippen molar-refractivity contribution in [3.05, 3.63) is 63.8 Å². The molecule has 2 N–H and O–H groups in total. The third-order valence-electron chi connectivity index (χ3n) is 4.69. The highest BCUT2D eigenvalue weighted by molar-refractivity contribution is 5.76. The molecule has 0 radical (unpaired) electrons. The molecule has 27 heavy (non-hydrogen) atoms. The van der Waals surface area contributed by atoms with Crippen LogP contribution in [0.25, 0.3) is 0 Å². The van der Waals surface area contributed by atoms with Crippen molar-refractivity contribution in [3.8, 4) is 5.75 Å². The minimum Gasteiger partial charge on any atom is -0.483 e. The van der Waals surface area contributed by atoms with E-state index in [2.05, 4.69) is 5.32 Å². The third kappa shape index (κ3) is 5.17. The topological polar surface area (TPSA) is 80.6 Å². The van der Waals surface area contributed by atoms with Gasteiger partial charge in [0.1, 0.15) is 19.0 Å². The van der Waals surface area contributed by atoms with Crippen LogP contribution in [-0.2, 0) is 24.6 Å². The van der Waals surface area contributed by atoms with Crippen LogP contribution in [0.15, 0.2) is 41.3 Å². The molecular formula is C20H23FN2O4. The first-order chi connectivity index (χ1) is 13.0. The van der Waals surface area contributed by atoms with Crippen molar-refractivity contribution < 1.29 is 19.0 Å². The number of nitrogens with zero attached hydrogens (tertiary/aromatic N) is 1. The molecule has 6 nitrogen and oxygen atoms in total. The minimum atomic E-state index is -0.381. The van der Waals surface area contributed by atoms with Crippen molar-refractivity contribution in [2.24, 2.45) is 0 Å². The van der Waals surface area contributed by atoms with E-state index in [4.69, 9.17) is 4.74 Å². The van der Waals surface area contributed by atoms with Crippen LogP contribution in [0.4, 0.5) is 4.39 Å². The molecule has 0 spiro atoms. The predicted molar refractivity (Wildman–Crippen MR) is 97.8 cm³/mol. The van der Waals surface area contributed by atoms with Gasteiger partial charge >= 0.3 is 0 Å². The Balaban J connectivity index is 1.70. The van der Waals surface area contributed by atoms with E-state index in [1.54, 1.807) is 12.1 Å². The van der Waals surface area contributed by atoms with Gasteiger partial charge in [0.05, 0.1) is 12.8 Å². The second kappa shape index (κ2) is 8.81. The van der Waals surface area contributed by atoms with Gasteiger partial charge in [-0.15, -0.1) is 0 Å². The zero-order valence-electron chi connectivity index (χ0n) is 15.0. The average Bonchev–Trinajstić information content (AvgIpc) is 3.16. The zero-order valence-corrected chi connectivity index (χ0v) is 15.0. The molecule has 0 saturated heterocycles. The number of nitrogens with one attached hydrogen (secondary N) is 1.